The minimum atomic E-state index is 0.274. The molecule has 1 N–H and O–H groups in total. The van der Waals surface area contributed by atoms with Gasteiger partial charge in [-0.15, -0.1) is 0 Å². The zero-order chi connectivity index (χ0) is 19.9. The highest BCUT2D eigenvalue weighted by Gasteiger charge is 2.08. The van der Waals surface area contributed by atoms with Gasteiger partial charge in [-0.05, 0) is 72.9 Å². The van der Waals surface area contributed by atoms with Crippen LogP contribution in [0.4, 0.5) is 0 Å². The molecule has 0 spiro atoms. The number of rotatable bonds is 6. The van der Waals surface area contributed by atoms with Crippen LogP contribution in [0.2, 0.25) is 0 Å². The van der Waals surface area contributed by atoms with E-state index in [2.05, 4.69) is 50.0 Å². The van der Waals surface area contributed by atoms with E-state index in [0.29, 0.717) is 0 Å². The minimum absolute atomic E-state index is 0.274. The van der Waals surface area contributed by atoms with Crippen LogP contribution in [0.15, 0.2) is 78.1 Å². The number of benzene rings is 2. The van der Waals surface area contributed by atoms with E-state index in [9.17, 15) is 5.11 Å². The van der Waals surface area contributed by atoms with Gasteiger partial charge in [0.25, 0.3) is 0 Å². The first kappa shape index (κ1) is 19.6. The molecule has 1 aromatic heterocycles. The summed E-state index contributed by atoms with van der Waals surface area (Å²) in [6, 6.07) is 17.7. The Balaban J connectivity index is 2.01. The zero-order valence-corrected chi connectivity index (χ0v) is 16.7. The van der Waals surface area contributed by atoms with Crippen LogP contribution >= 0.6 is 0 Å². The van der Waals surface area contributed by atoms with Gasteiger partial charge < -0.3 is 5.11 Å². The van der Waals surface area contributed by atoms with E-state index in [-0.39, 0.29) is 5.75 Å². The first-order chi connectivity index (χ1) is 13.6. The number of phenolic OH excluding ortho intramolecular Hbond substituents is 1. The predicted molar refractivity (Wildman–Crippen MR) is 118 cm³/mol. The van der Waals surface area contributed by atoms with Gasteiger partial charge in [0.2, 0.25) is 0 Å². The van der Waals surface area contributed by atoms with Gasteiger partial charge in [-0.2, -0.15) is 0 Å². The van der Waals surface area contributed by atoms with Crippen LogP contribution in [0.5, 0.6) is 5.75 Å². The number of aromatic hydroxyl groups is 1. The van der Waals surface area contributed by atoms with Crippen molar-refractivity contribution in [1.82, 2.24) is 4.98 Å². The van der Waals surface area contributed by atoms with Gasteiger partial charge in [0, 0.05) is 23.7 Å². The number of hydrogen-bond acceptors (Lipinski definition) is 3. The Labute approximate surface area is 167 Å². The molecule has 28 heavy (non-hydrogen) atoms. The van der Waals surface area contributed by atoms with Gasteiger partial charge in [-0.25, -0.2) is 0 Å². The van der Waals surface area contributed by atoms with Crippen LogP contribution in [0.1, 0.15) is 43.4 Å². The molecule has 3 heteroatoms. The van der Waals surface area contributed by atoms with E-state index >= 15 is 0 Å². The van der Waals surface area contributed by atoms with Crippen LogP contribution in [0, 0.1) is 6.92 Å². The second-order valence-electron chi connectivity index (χ2n) is 6.89. The van der Waals surface area contributed by atoms with Crippen molar-refractivity contribution in [3.05, 3.63) is 89.8 Å². The van der Waals surface area contributed by atoms with Crippen LogP contribution < -0.4 is 0 Å². The first-order valence-corrected chi connectivity index (χ1v) is 9.64. The van der Waals surface area contributed by atoms with E-state index < -0.39 is 0 Å². The lowest BCUT2D eigenvalue weighted by Crippen LogP contribution is -2.00. The molecule has 1 heterocycles. The number of pyridine rings is 1. The molecule has 0 saturated heterocycles. The standard InChI is InChI=1S/C25H26N2O/c1-4-5-8-25(22-7-6-15-26-17-22)27-19(3)24-16-21(10-9-18(24)2)20-11-13-23(28)14-12-20/h6-17,28H,4-5H2,1-3H3/b25-8+,27-19-. The number of nitrogens with zero attached hydrogens (tertiary/aromatic N) is 2. The van der Waals surface area contributed by atoms with Gasteiger partial charge in [0.15, 0.2) is 0 Å². The van der Waals surface area contributed by atoms with Gasteiger partial charge in [0.1, 0.15) is 5.75 Å². The topological polar surface area (TPSA) is 45.5 Å². The molecule has 0 fully saturated rings. The summed E-state index contributed by atoms with van der Waals surface area (Å²) in [4.78, 5) is 9.20. The molecule has 0 saturated carbocycles. The van der Waals surface area contributed by atoms with Crippen molar-refractivity contribution in [2.24, 2.45) is 4.99 Å². The van der Waals surface area contributed by atoms with Crippen molar-refractivity contribution in [3.8, 4) is 16.9 Å². The van der Waals surface area contributed by atoms with Crippen LogP contribution in [-0.2, 0) is 0 Å². The molecule has 142 valence electrons. The fraction of sp³-hybridized carbons (Fsp3) is 0.200. The van der Waals surface area contributed by atoms with Gasteiger partial charge in [-0.3, -0.25) is 9.98 Å². The average molecular weight is 370 g/mol. The summed E-state index contributed by atoms with van der Waals surface area (Å²) in [6.45, 7) is 6.33. The summed E-state index contributed by atoms with van der Waals surface area (Å²) in [7, 11) is 0. The molecular weight excluding hydrogens is 344 g/mol. The monoisotopic (exact) mass is 370 g/mol. The molecule has 2 aromatic carbocycles. The molecule has 3 rings (SSSR count). The van der Waals surface area contributed by atoms with Gasteiger partial charge in [0.05, 0.1) is 5.70 Å². The van der Waals surface area contributed by atoms with Crippen molar-refractivity contribution in [1.29, 1.82) is 0 Å². The van der Waals surface area contributed by atoms with Gasteiger partial charge >= 0.3 is 0 Å². The molecule has 0 unspecified atom stereocenters. The van der Waals surface area contributed by atoms with Crippen molar-refractivity contribution < 1.29 is 5.11 Å². The van der Waals surface area contributed by atoms with Gasteiger partial charge in [-0.1, -0.05) is 43.7 Å². The summed E-state index contributed by atoms with van der Waals surface area (Å²) < 4.78 is 0. The summed E-state index contributed by atoms with van der Waals surface area (Å²) >= 11 is 0. The summed E-state index contributed by atoms with van der Waals surface area (Å²) in [5, 5.41) is 9.54. The Kier molecular flexibility index (Phi) is 6.38. The first-order valence-electron chi connectivity index (χ1n) is 9.64. The Morgan fingerprint density at radius 2 is 1.82 bits per heavy atom. The fourth-order valence-corrected chi connectivity index (χ4v) is 3.11. The second-order valence-corrected chi connectivity index (χ2v) is 6.89. The van der Waals surface area contributed by atoms with E-state index in [1.807, 2.05) is 30.5 Å². The maximum Gasteiger partial charge on any atom is 0.115 e. The Bertz CT molecular complexity index is 987. The maximum absolute atomic E-state index is 9.54. The quantitative estimate of drug-likeness (QED) is 0.509. The average Bonchev–Trinajstić information content (AvgIpc) is 2.72. The number of allylic oxidation sites excluding steroid dienone is 1. The second kappa shape index (κ2) is 9.14. The lowest BCUT2D eigenvalue weighted by Gasteiger charge is -2.11. The molecule has 0 aliphatic rings. The Hall–Kier alpha value is -3.20. The lowest BCUT2D eigenvalue weighted by atomic mass is 9.97. The molecule has 0 radical (unpaired) electrons. The zero-order valence-electron chi connectivity index (χ0n) is 16.7. The third kappa shape index (κ3) is 4.74. The van der Waals surface area contributed by atoms with E-state index in [0.717, 1.165) is 46.5 Å². The lowest BCUT2D eigenvalue weighted by molar-refractivity contribution is 0.475. The van der Waals surface area contributed by atoms with Crippen LogP contribution in [-0.4, -0.2) is 15.8 Å². The normalized spacial score (nSPS) is 12.2. The number of hydrogen-bond donors (Lipinski definition) is 1. The number of unbranched alkanes of at least 4 members (excludes halogenated alkanes) is 1. The van der Waals surface area contributed by atoms with E-state index in [4.69, 9.17) is 4.99 Å². The highest BCUT2D eigenvalue weighted by Crippen LogP contribution is 2.26. The third-order valence-electron chi connectivity index (χ3n) is 4.70. The van der Waals surface area contributed by atoms with E-state index in [1.165, 1.54) is 5.56 Å². The summed E-state index contributed by atoms with van der Waals surface area (Å²) in [5.74, 6) is 0.274. The smallest absolute Gasteiger partial charge is 0.115 e. The van der Waals surface area contributed by atoms with Crippen molar-refractivity contribution in [2.75, 3.05) is 0 Å². The SMILES string of the molecule is CCC/C=C(/N=C(/C)c1cc(-c2ccc(O)cc2)ccc1C)c1cccnc1. The van der Waals surface area contributed by atoms with Crippen LogP contribution in [0.3, 0.4) is 0 Å². The number of aliphatic imine (C=N–C) groups is 1. The fourth-order valence-electron chi connectivity index (χ4n) is 3.11. The van der Waals surface area contributed by atoms with Crippen LogP contribution in [0.25, 0.3) is 16.8 Å². The molecule has 0 aliphatic heterocycles. The molecule has 0 amide bonds. The molecule has 0 bridgehead atoms. The number of aromatic nitrogens is 1. The summed E-state index contributed by atoms with van der Waals surface area (Å²) in [6.07, 6.45) is 7.88. The van der Waals surface area contributed by atoms with E-state index in [1.54, 1.807) is 18.3 Å². The Morgan fingerprint density at radius 1 is 1.07 bits per heavy atom. The molecule has 3 nitrogen and oxygen atoms in total. The highest BCUT2D eigenvalue weighted by atomic mass is 16.3. The number of aryl methyl sites for hydroxylation is 1. The molecular formula is C25H26N2O. The summed E-state index contributed by atoms with van der Waals surface area (Å²) in [5.41, 5.74) is 7.45. The molecule has 3 aromatic rings. The molecule has 0 aliphatic carbocycles. The predicted octanol–water partition coefficient (Wildman–Crippen LogP) is 6.41. The van der Waals surface area contributed by atoms with Crippen molar-refractivity contribution in [2.45, 2.75) is 33.6 Å². The Morgan fingerprint density at radius 3 is 2.50 bits per heavy atom. The molecule has 0 atom stereocenters. The van der Waals surface area contributed by atoms with Crippen molar-refractivity contribution in [3.63, 3.8) is 0 Å². The number of phenols is 1. The van der Waals surface area contributed by atoms with Crippen molar-refractivity contribution >= 4 is 11.4 Å². The third-order valence-corrected chi connectivity index (χ3v) is 4.70. The largest absolute Gasteiger partial charge is 0.508 e. The maximum atomic E-state index is 9.54. The highest BCUT2D eigenvalue weighted by molar-refractivity contribution is 6.03. The minimum Gasteiger partial charge on any atom is -0.508 e.